The lowest BCUT2D eigenvalue weighted by atomic mass is 10.0. The van der Waals surface area contributed by atoms with Gasteiger partial charge in [0.05, 0.1) is 0 Å². The van der Waals surface area contributed by atoms with Crippen LogP contribution >= 0.6 is 0 Å². The maximum absolute atomic E-state index is 3.61. The van der Waals surface area contributed by atoms with Gasteiger partial charge in [0, 0.05) is 12.2 Å². The number of hydrogen-bond donors (Lipinski definition) is 1. The first kappa shape index (κ1) is 13.7. The topological polar surface area (TPSA) is 12.0 Å². The van der Waals surface area contributed by atoms with Crippen molar-refractivity contribution in [2.45, 2.75) is 26.8 Å². The number of nitrogens with one attached hydrogen (secondary N) is 1. The molecule has 0 saturated carbocycles. The molecule has 106 valence electrons. The average Bonchev–Trinajstić information content (AvgIpc) is 2.53. The Morgan fingerprint density at radius 1 is 0.857 bits per heavy atom. The van der Waals surface area contributed by atoms with Crippen molar-refractivity contribution in [3.8, 4) is 0 Å². The Morgan fingerprint density at radius 3 is 2.48 bits per heavy atom. The number of hydrogen-bond acceptors (Lipinski definition) is 1. The molecule has 1 nitrogen and oxygen atoms in total. The molecule has 3 rings (SSSR count). The highest BCUT2D eigenvalue weighted by molar-refractivity contribution is 5.83. The molecule has 0 unspecified atom stereocenters. The largest absolute Gasteiger partial charge is 0.381 e. The van der Waals surface area contributed by atoms with Gasteiger partial charge in [0.2, 0.25) is 0 Å². The van der Waals surface area contributed by atoms with Crippen LogP contribution in [0.1, 0.15) is 23.6 Å². The minimum absolute atomic E-state index is 0.864. The van der Waals surface area contributed by atoms with Gasteiger partial charge in [0.15, 0.2) is 0 Å². The highest BCUT2D eigenvalue weighted by atomic mass is 14.9. The Kier molecular flexibility index (Phi) is 3.92. The van der Waals surface area contributed by atoms with E-state index in [0.29, 0.717) is 0 Å². The maximum Gasteiger partial charge on any atom is 0.0404 e. The predicted octanol–water partition coefficient (Wildman–Crippen LogP) is 5.32. The zero-order valence-corrected chi connectivity index (χ0v) is 12.7. The molecule has 3 aromatic rings. The van der Waals surface area contributed by atoms with E-state index < -0.39 is 0 Å². The molecule has 21 heavy (non-hydrogen) atoms. The second kappa shape index (κ2) is 6.01. The Labute approximate surface area is 126 Å². The van der Waals surface area contributed by atoms with Crippen LogP contribution in [0.2, 0.25) is 0 Å². The fourth-order valence-electron chi connectivity index (χ4n) is 2.82. The van der Waals surface area contributed by atoms with E-state index in [1.807, 2.05) is 0 Å². The first-order chi connectivity index (χ1) is 10.3. The second-order valence-corrected chi connectivity index (χ2v) is 5.50. The fourth-order valence-corrected chi connectivity index (χ4v) is 2.82. The average molecular weight is 275 g/mol. The van der Waals surface area contributed by atoms with Gasteiger partial charge in [0.25, 0.3) is 0 Å². The van der Waals surface area contributed by atoms with E-state index in [9.17, 15) is 0 Å². The summed E-state index contributed by atoms with van der Waals surface area (Å²) in [6.07, 6.45) is 1.06. The number of aryl methyl sites for hydroxylation is 2. The monoisotopic (exact) mass is 275 g/mol. The van der Waals surface area contributed by atoms with Gasteiger partial charge in [-0.25, -0.2) is 0 Å². The number of rotatable bonds is 4. The van der Waals surface area contributed by atoms with E-state index in [1.165, 1.54) is 33.2 Å². The normalized spacial score (nSPS) is 10.8. The second-order valence-electron chi connectivity index (χ2n) is 5.50. The molecule has 0 amide bonds. The minimum Gasteiger partial charge on any atom is -0.381 e. The van der Waals surface area contributed by atoms with Crippen LogP contribution in [-0.4, -0.2) is 0 Å². The van der Waals surface area contributed by atoms with Gasteiger partial charge < -0.3 is 5.32 Å². The van der Waals surface area contributed by atoms with E-state index in [0.717, 1.165) is 13.0 Å². The number of anilines is 1. The van der Waals surface area contributed by atoms with Crippen LogP contribution in [0.4, 0.5) is 5.69 Å². The molecule has 1 N–H and O–H groups in total. The fraction of sp³-hybridized carbons (Fsp3) is 0.200. The van der Waals surface area contributed by atoms with Gasteiger partial charge >= 0.3 is 0 Å². The van der Waals surface area contributed by atoms with Crippen LogP contribution in [0.3, 0.4) is 0 Å². The van der Waals surface area contributed by atoms with Crippen molar-refractivity contribution >= 4 is 16.5 Å². The lowest BCUT2D eigenvalue weighted by Crippen LogP contribution is -2.04. The molecule has 0 aliphatic rings. The highest BCUT2D eigenvalue weighted by Crippen LogP contribution is 2.22. The Balaban J connectivity index is 1.83. The van der Waals surface area contributed by atoms with Crippen molar-refractivity contribution < 1.29 is 0 Å². The molecule has 0 atom stereocenters. The lowest BCUT2D eigenvalue weighted by Gasteiger charge is -2.14. The molecule has 0 heterocycles. The zero-order chi connectivity index (χ0) is 14.7. The molecule has 3 aromatic carbocycles. The molecule has 0 spiro atoms. The van der Waals surface area contributed by atoms with Crippen LogP contribution in [-0.2, 0) is 13.0 Å². The summed E-state index contributed by atoms with van der Waals surface area (Å²) in [7, 11) is 0. The molecule has 0 bridgehead atoms. The first-order valence-corrected chi connectivity index (χ1v) is 7.58. The molecule has 1 heteroatoms. The molecule has 0 aromatic heterocycles. The van der Waals surface area contributed by atoms with E-state index in [4.69, 9.17) is 0 Å². The van der Waals surface area contributed by atoms with Crippen LogP contribution in [0.25, 0.3) is 10.8 Å². The van der Waals surface area contributed by atoms with Crippen molar-refractivity contribution in [3.05, 3.63) is 77.4 Å². The van der Waals surface area contributed by atoms with Gasteiger partial charge in [0.1, 0.15) is 0 Å². The third-order valence-corrected chi connectivity index (χ3v) is 4.02. The van der Waals surface area contributed by atoms with Crippen LogP contribution in [0.5, 0.6) is 0 Å². The highest BCUT2D eigenvalue weighted by Gasteiger charge is 2.04. The van der Waals surface area contributed by atoms with E-state index in [-0.39, 0.29) is 0 Å². The van der Waals surface area contributed by atoms with Crippen LogP contribution in [0, 0.1) is 6.92 Å². The minimum atomic E-state index is 0.864. The van der Waals surface area contributed by atoms with Crippen molar-refractivity contribution in [3.63, 3.8) is 0 Å². The van der Waals surface area contributed by atoms with Crippen molar-refractivity contribution in [2.24, 2.45) is 0 Å². The van der Waals surface area contributed by atoms with E-state index in [2.05, 4.69) is 79.8 Å². The number of fused-ring (bicyclic) bond motifs is 1. The smallest absolute Gasteiger partial charge is 0.0404 e. The van der Waals surface area contributed by atoms with Gasteiger partial charge in [-0.2, -0.15) is 0 Å². The van der Waals surface area contributed by atoms with Crippen LogP contribution < -0.4 is 5.32 Å². The zero-order valence-electron chi connectivity index (χ0n) is 12.7. The summed E-state index contributed by atoms with van der Waals surface area (Å²) in [6.45, 7) is 5.24. The number of para-hydroxylation sites is 1. The number of benzene rings is 3. The molecular formula is C20H21N. The van der Waals surface area contributed by atoms with Gasteiger partial charge in [-0.3, -0.25) is 0 Å². The summed E-state index contributed by atoms with van der Waals surface area (Å²) in [5.41, 5.74) is 5.30. The van der Waals surface area contributed by atoms with Gasteiger partial charge in [-0.15, -0.1) is 0 Å². The summed E-state index contributed by atoms with van der Waals surface area (Å²) in [5, 5.41) is 6.21. The molecular weight excluding hydrogens is 254 g/mol. The molecule has 0 saturated heterocycles. The third kappa shape index (κ3) is 2.92. The molecule has 0 radical (unpaired) electrons. The molecule has 0 fully saturated rings. The van der Waals surface area contributed by atoms with Gasteiger partial charge in [-0.1, -0.05) is 61.5 Å². The van der Waals surface area contributed by atoms with Crippen LogP contribution in [0.15, 0.2) is 60.7 Å². The summed E-state index contributed by atoms with van der Waals surface area (Å²) < 4.78 is 0. The van der Waals surface area contributed by atoms with Crippen molar-refractivity contribution in [1.29, 1.82) is 0 Å². The first-order valence-electron chi connectivity index (χ1n) is 7.58. The Bertz CT molecular complexity index is 759. The predicted molar refractivity (Wildman–Crippen MR) is 91.8 cm³/mol. The summed E-state index contributed by atoms with van der Waals surface area (Å²) in [6, 6.07) is 21.7. The SMILES string of the molecule is CCc1cccc(C)c1NCc1ccc2ccccc2c1. The molecule has 0 aliphatic carbocycles. The third-order valence-electron chi connectivity index (χ3n) is 4.02. The summed E-state index contributed by atoms with van der Waals surface area (Å²) in [4.78, 5) is 0. The Hall–Kier alpha value is -2.28. The summed E-state index contributed by atoms with van der Waals surface area (Å²) in [5.74, 6) is 0. The Morgan fingerprint density at radius 2 is 1.67 bits per heavy atom. The molecule has 0 aliphatic heterocycles. The lowest BCUT2D eigenvalue weighted by molar-refractivity contribution is 1.08. The standard InChI is InChI=1S/C20H21N/c1-3-17-10-6-7-15(2)20(17)21-14-16-11-12-18-8-4-5-9-19(18)13-16/h4-13,21H,3,14H2,1-2H3. The van der Waals surface area contributed by atoms with E-state index >= 15 is 0 Å². The van der Waals surface area contributed by atoms with Crippen molar-refractivity contribution in [1.82, 2.24) is 0 Å². The quantitative estimate of drug-likeness (QED) is 0.679. The maximum atomic E-state index is 3.61. The summed E-state index contributed by atoms with van der Waals surface area (Å²) >= 11 is 0. The van der Waals surface area contributed by atoms with Gasteiger partial charge in [-0.05, 0) is 46.9 Å². The van der Waals surface area contributed by atoms with Crippen molar-refractivity contribution in [2.75, 3.05) is 5.32 Å². The van der Waals surface area contributed by atoms with E-state index in [1.54, 1.807) is 0 Å².